The molecule has 0 aromatic carbocycles. The van der Waals surface area contributed by atoms with E-state index in [2.05, 4.69) is 12.2 Å². The van der Waals surface area contributed by atoms with E-state index in [1.54, 1.807) is 0 Å². The Labute approximate surface area is 142 Å². The summed E-state index contributed by atoms with van der Waals surface area (Å²) in [4.78, 5) is 2.04. The summed E-state index contributed by atoms with van der Waals surface area (Å²) in [5.41, 5.74) is 0. The van der Waals surface area contributed by atoms with Crippen LogP contribution in [0.3, 0.4) is 0 Å². The fraction of sp³-hybridized carbons (Fsp3) is 1.00. The van der Waals surface area contributed by atoms with Crippen LogP contribution in [0.4, 0.5) is 0 Å². The summed E-state index contributed by atoms with van der Waals surface area (Å²) in [6, 6.07) is -0.822. The van der Waals surface area contributed by atoms with Gasteiger partial charge in [0.2, 0.25) is 0 Å². The standard InChI is InChI=1S/C9H19NO3.C6H13NO4/c1-2-4-10-5-3-8(12)9(13)7(10)6-11;8-2-3-5(10)6(11)4(9)1-7-3/h7-9,11-13H,2-6H2,1H3;3-11H,1-2H2/t7-,8-,9-;3-,4+,5+,6-/m11/s1. The van der Waals surface area contributed by atoms with Gasteiger partial charge in [0, 0.05) is 13.1 Å². The second kappa shape index (κ2) is 10.6. The van der Waals surface area contributed by atoms with Crippen LogP contribution in [-0.4, -0.2) is 116 Å². The average Bonchev–Trinajstić information content (AvgIpc) is 2.57. The van der Waals surface area contributed by atoms with Gasteiger partial charge < -0.3 is 41.1 Å². The first-order chi connectivity index (χ1) is 11.4. The van der Waals surface area contributed by atoms with Crippen molar-refractivity contribution in [1.29, 1.82) is 0 Å². The number of aliphatic hydroxyl groups excluding tert-OH is 7. The number of hydrogen-bond acceptors (Lipinski definition) is 9. The van der Waals surface area contributed by atoms with E-state index >= 15 is 0 Å². The first-order valence-corrected chi connectivity index (χ1v) is 8.46. The van der Waals surface area contributed by atoms with Gasteiger partial charge in [0.25, 0.3) is 0 Å². The molecule has 2 aliphatic heterocycles. The first kappa shape index (κ1) is 21.7. The van der Waals surface area contributed by atoms with E-state index in [-0.39, 0.29) is 25.8 Å². The molecule has 144 valence electrons. The molecule has 0 radical (unpaired) electrons. The SMILES string of the molecule is CCCN1CC[C@@H](O)[C@H](O)[C@H]1CO.OC[C@H]1NC[C@H](O)[C@@H](O)[C@H]1O. The number of piperidine rings is 2. The average molecular weight is 352 g/mol. The van der Waals surface area contributed by atoms with Crippen LogP contribution in [0, 0.1) is 0 Å². The smallest absolute Gasteiger partial charge is 0.109 e. The van der Waals surface area contributed by atoms with Crippen molar-refractivity contribution in [2.75, 3.05) is 32.8 Å². The number of nitrogens with zero attached hydrogens (tertiary/aromatic N) is 1. The van der Waals surface area contributed by atoms with E-state index in [1.807, 2.05) is 4.90 Å². The molecule has 0 aromatic rings. The van der Waals surface area contributed by atoms with Crippen molar-refractivity contribution < 1.29 is 35.7 Å². The number of β-amino-alcohol motifs (C(OH)–C–C–N with tert-alkyl or cyclic N) is 1. The van der Waals surface area contributed by atoms with E-state index in [4.69, 9.17) is 20.4 Å². The molecular formula is C15H32N2O7. The van der Waals surface area contributed by atoms with E-state index in [9.17, 15) is 15.3 Å². The number of nitrogens with one attached hydrogen (secondary N) is 1. The third-order valence-electron chi connectivity index (χ3n) is 4.61. The van der Waals surface area contributed by atoms with Crippen molar-refractivity contribution in [3.8, 4) is 0 Å². The highest BCUT2D eigenvalue weighted by molar-refractivity contribution is 4.91. The third-order valence-corrected chi connectivity index (χ3v) is 4.61. The zero-order valence-electron chi connectivity index (χ0n) is 14.1. The van der Waals surface area contributed by atoms with Crippen LogP contribution in [0.5, 0.6) is 0 Å². The molecule has 2 rings (SSSR count). The largest absolute Gasteiger partial charge is 0.395 e. The van der Waals surface area contributed by atoms with Crippen molar-refractivity contribution in [3.05, 3.63) is 0 Å². The zero-order valence-corrected chi connectivity index (χ0v) is 14.1. The maximum absolute atomic E-state index is 9.58. The molecule has 2 heterocycles. The van der Waals surface area contributed by atoms with Crippen LogP contribution >= 0.6 is 0 Å². The number of rotatable bonds is 4. The van der Waals surface area contributed by atoms with Gasteiger partial charge >= 0.3 is 0 Å². The van der Waals surface area contributed by atoms with Crippen LogP contribution in [0.1, 0.15) is 19.8 Å². The van der Waals surface area contributed by atoms with Crippen LogP contribution < -0.4 is 5.32 Å². The summed E-state index contributed by atoms with van der Waals surface area (Å²) in [6.07, 6.45) is -3.09. The molecule has 2 saturated heterocycles. The Bertz CT molecular complexity index is 348. The minimum absolute atomic E-state index is 0.0851. The van der Waals surface area contributed by atoms with Crippen molar-refractivity contribution in [3.63, 3.8) is 0 Å². The van der Waals surface area contributed by atoms with Gasteiger partial charge in [-0.25, -0.2) is 0 Å². The summed E-state index contributed by atoms with van der Waals surface area (Å²) in [5, 5.41) is 66.6. The zero-order chi connectivity index (χ0) is 18.3. The highest BCUT2D eigenvalue weighted by Gasteiger charge is 2.36. The van der Waals surface area contributed by atoms with Gasteiger partial charge in [0.05, 0.1) is 49.7 Å². The van der Waals surface area contributed by atoms with Gasteiger partial charge in [-0.05, 0) is 19.4 Å². The van der Waals surface area contributed by atoms with Crippen molar-refractivity contribution >= 4 is 0 Å². The monoisotopic (exact) mass is 352 g/mol. The molecule has 0 amide bonds. The molecule has 24 heavy (non-hydrogen) atoms. The molecule has 0 saturated carbocycles. The van der Waals surface area contributed by atoms with Gasteiger partial charge in [-0.3, -0.25) is 4.90 Å². The molecule has 0 bridgehead atoms. The van der Waals surface area contributed by atoms with Gasteiger partial charge in [-0.15, -0.1) is 0 Å². The molecule has 0 aromatic heterocycles. The lowest BCUT2D eigenvalue weighted by Crippen LogP contribution is -2.60. The van der Waals surface area contributed by atoms with Crippen LogP contribution in [-0.2, 0) is 0 Å². The second-order valence-electron chi connectivity index (χ2n) is 6.38. The Morgan fingerprint density at radius 2 is 1.58 bits per heavy atom. The fourth-order valence-corrected chi connectivity index (χ4v) is 3.05. The van der Waals surface area contributed by atoms with Crippen LogP contribution in [0.2, 0.25) is 0 Å². The topological polar surface area (TPSA) is 157 Å². The van der Waals surface area contributed by atoms with E-state index < -0.39 is 36.6 Å². The van der Waals surface area contributed by atoms with Crippen LogP contribution in [0.25, 0.3) is 0 Å². The van der Waals surface area contributed by atoms with E-state index in [0.29, 0.717) is 6.42 Å². The van der Waals surface area contributed by atoms with Gasteiger partial charge in [-0.2, -0.15) is 0 Å². The van der Waals surface area contributed by atoms with Gasteiger partial charge in [0.15, 0.2) is 0 Å². The minimum atomic E-state index is -1.16. The maximum Gasteiger partial charge on any atom is 0.109 e. The summed E-state index contributed by atoms with van der Waals surface area (Å²) in [6.45, 7) is 3.56. The van der Waals surface area contributed by atoms with Crippen molar-refractivity contribution in [2.24, 2.45) is 0 Å². The minimum Gasteiger partial charge on any atom is -0.395 e. The predicted octanol–water partition coefficient (Wildman–Crippen LogP) is -3.78. The van der Waals surface area contributed by atoms with Crippen molar-refractivity contribution in [1.82, 2.24) is 10.2 Å². The first-order valence-electron chi connectivity index (χ1n) is 8.46. The fourth-order valence-electron chi connectivity index (χ4n) is 3.05. The summed E-state index contributed by atoms with van der Waals surface area (Å²) < 4.78 is 0. The number of likely N-dealkylation sites (tertiary alicyclic amines) is 1. The molecule has 2 fully saturated rings. The molecule has 0 spiro atoms. The van der Waals surface area contributed by atoms with E-state index in [1.165, 1.54) is 0 Å². The number of aliphatic hydroxyl groups is 7. The molecule has 9 heteroatoms. The molecular weight excluding hydrogens is 320 g/mol. The molecule has 8 N–H and O–H groups in total. The highest BCUT2D eigenvalue weighted by Crippen LogP contribution is 2.18. The van der Waals surface area contributed by atoms with Crippen LogP contribution in [0.15, 0.2) is 0 Å². The molecule has 2 aliphatic rings. The normalized spacial score (nSPS) is 40.8. The molecule has 7 atom stereocenters. The Hall–Kier alpha value is -0.360. The predicted molar refractivity (Wildman–Crippen MR) is 86.3 cm³/mol. The second-order valence-corrected chi connectivity index (χ2v) is 6.38. The lowest BCUT2D eigenvalue weighted by Gasteiger charge is -2.40. The summed E-state index contributed by atoms with van der Waals surface area (Å²) >= 11 is 0. The molecule has 0 aliphatic carbocycles. The maximum atomic E-state index is 9.58. The Morgan fingerprint density at radius 1 is 0.917 bits per heavy atom. The van der Waals surface area contributed by atoms with Gasteiger partial charge in [-0.1, -0.05) is 6.92 Å². The summed E-state index contributed by atoms with van der Waals surface area (Å²) in [5.74, 6) is 0. The highest BCUT2D eigenvalue weighted by atomic mass is 16.4. The van der Waals surface area contributed by atoms with Gasteiger partial charge in [0.1, 0.15) is 6.10 Å². The Kier molecular flexibility index (Phi) is 9.57. The lowest BCUT2D eigenvalue weighted by molar-refractivity contribution is -0.101. The van der Waals surface area contributed by atoms with E-state index in [0.717, 1.165) is 19.5 Å². The third kappa shape index (κ3) is 5.58. The Balaban J connectivity index is 0.000000243. The molecule has 0 unspecified atom stereocenters. The summed E-state index contributed by atoms with van der Waals surface area (Å²) in [7, 11) is 0. The molecule has 9 nitrogen and oxygen atoms in total. The quantitative estimate of drug-likeness (QED) is 0.254. The Morgan fingerprint density at radius 3 is 2.12 bits per heavy atom. The van der Waals surface area contributed by atoms with Crippen molar-refractivity contribution in [2.45, 2.75) is 62.4 Å². The lowest BCUT2D eigenvalue weighted by atomic mass is 9.96. The number of hydrogen-bond donors (Lipinski definition) is 8.